The maximum Gasteiger partial charge on any atom is 0.270 e. The van der Waals surface area contributed by atoms with Crippen LogP contribution in [0, 0.1) is 5.92 Å². The number of halogens is 2. The van der Waals surface area contributed by atoms with Crippen LogP contribution >= 0.6 is 36.2 Å². The monoisotopic (exact) mass is 376 g/mol. The quantitative estimate of drug-likeness (QED) is 0.811. The van der Waals surface area contributed by atoms with Crippen molar-refractivity contribution in [3.05, 3.63) is 46.2 Å². The maximum absolute atomic E-state index is 12.1. The third-order valence-corrected chi connectivity index (χ3v) is 4.23. The van der Waals surface area contributed by atoms with Crippen LogP contribution in [0.2, 0.25) is 0 Å². The van der Waals surface area contributed by atoms with Gasteiger partial charge in [-0.15, -0.1) is 36.2 Å². The van der Waals surface area contributed by atoms with Crippen LogP contribution in [0.25, 0.3) is 0 Å². The highest BCUT2D eigenvalue weighted by atomic mass is 35.5. The summed E-state index contributed by atoms with van der Waals surface area (Å²) in [6.07, 6.45) is 3.61. The molecular formula is C15H22Cl2N4OS. The third-order valence-electron chi connectivity index (χ3n) is 3.36. The molecule has 5 nitrogen and oxygen atoms in total. The molecule has 0 aromatic carbocycles. The van der Waals surface area contributed by atoms with Crippen LogP contribution in [0.3, 0.4) is 0 Å². The molecule has 2 heterocycles. The normalized spacial score (nSPS) is 11.3. The Labute approximate surface area is 152 Å². The molecule has 8 heteroatoms. The summed E-state index contributed by atoms with van der Waals surface area (Å²) < 4.78 is 0. The molecule has 2 aromatic heterocycles. The molecule has 0 spiro atoms. The Balaban J connectivity index is 0.00000242. The van der Waals surface area contributed by atoms with Crippen LogP contribution in [0.15, 0.2) is 29.9 Å². The molecule has 0 saturated heterocycles. The number of nitrogens with one attached hydrogen (secondary N) is 1. The number of pyridine rings is 1. The maximum atomic E-state index is 12.1. The molecule has 2 rings (SSSR count). The van der Waals surface area contributed by atoms with Gasteiger partial charge in [-0.3, -0.25) is 9.78 Å². The number of aromatic nitrogens is 2. The average molecular weight is 377 g/mol. The van der Waals surface area contributed by atoms with E-state index in [1.807, 2.05) is 18.3 Å². The molecule has 1 atom stereocenters. The first-order valence-electron chi connectivity index (χ1n) is 6.94. The van der Waals surface area contributed by atoms with Gasteiger partial charge >= 0.3 is 0 Å². The van der Waals surface area contributed by atoms with Gasteiger partial charge in [-0.25, -0.2) is 4.98 Å². The van der Waals surface area contributed by atoms with Crippen molar-refractivity contribution < 1.29 is 4.79 Å². The predicted octanol–water partition coefficient (Wildman–Crippen LogP) is 3.01. The average Bonchev–Trinajstić information content (AvgIpc) is 2.97. The molecule has 0 bridgehead atoms. The van der Waals surface area contributed by atoms with Crippen LogP contribution in [-0.2, 0) is 6.54 Å². The number of carbonyl (C=O) groups excluding carboxylic acids is 1. The summed E-state index contributed by atoms with van der Waals surface area (Å²) in [5.74, 6) is 0.486. The minimum absolute atomic E-state index is 0. The Morgan fingerprint density at radius 1 is 1.39 bits per heavy atom. The molecule has 0 fully saturated rings. The largest absolute Gasteiger partial charge is 0.350 e. The lowest BCUT2D eigenvalue weighted by molar-refractivity contribution is 0.0944. The second-order valence-corrected chi connectivity index (χ2v) is 6.12. The number of amides is 1. The van der Waals surface area contributed by atoms with Crippen LogP contribution in [0.5, 0.6) is 0 Å². The lowest BCUT2D eigenvalue weighted by atomic mass is 9.89. The molecule has 23 heavy (non-hydrogen) atoms. The van der Waals surface area contributed by atoms with Crippen LogP contribution < -0.4 is 11.1 Å². The van der Waals surface area contributed by atoms with Gasteiger partial charge in [0.15, 0.2) is 0 Å². The topological polar surface area (TPSA) is 80.9 Å². The van der Waals surface area contributed by atoms with Crippen molar-refractivity contribution in [2.75, 3.05) is 6.54 Å². The third kappa shape index (κ3) is 6.06. The van der Waals surface area contributed by atoms with Crippen molar-refractivity contribution in [1.29, 1.82) is 0 Å². The molecule has 0 aliphatic carbocycles. The molecule has 3 N–H and O–H groups in total. The van der Waals surface area contributed by atoms with E-state index in [0.717, 1.165) is 10.6 Å². The van der Waals surface area contributed by atoms with Gasteiger partial charge < -0.3 is 11.1 Å². The molecule has 0 aliphatic rings. The van der Waals surface area contributed by atoms with E-state index in [2.05, 4.69) is 29.1 Å². The van der Waals surface area contributed by atoms with E-state index in [-0.39, 0.29) is 36.6 Å². The molecule has 1 amide bonds. The predicted molar refractivity (Wildman–Crippen MR) is 98.7 cm³/mol. The second-order valence-electron chi connectivity index (χ2n) is 5.18. The summed E-state index contributed by atoms with van der Waals surface area (Å²) in [6, 6.07) is 3.96. The van der Waals surface area contributed by atoms with Gasteiger partial charge in [0, 0.05) is 36.8 Å². The van der Waals surface area contributed by atoms with Gasteiger partial charge in [-0.2, -0.15) is 0 Å². The van der Waals surface area contributed by atoms with Gasteiger partial charge in [-0.1, -0.05) is 19.9 Å². The smallest absolute Gasteiger partial charge is 0.270 e. The van der Waals surface area contributed by atoms with Crippen molar-refractivity contribution >= 4 is 42.1 Å². The summed E-state index contributed by atoms with van der Waals surface area (Å²) in [5, 5.41) is 5.47. The van der Waals surface area contributed by atoms with Gasteiger partial charge in [0.05, 0.1) is 0 Å². The van der Waals surface area contributed by atoms with Gasteiger partial charge in [0.1, 0.15) is 10.7 Å². The zero-order valence-electron chi connectivity index (χ0n) is 13.1. The van der Waals surface area contributed by atoms with Crippen molar-refractivity contribution in [3.8, 4) is 0 Å². The van der Waals surface area contributed by atoms with Crippen molar-refractivity contribution in [1.82, 2.24) is 15.3 Å². The Morgan fingerprint density at radius 2 is 2.13 bits per heavy atom. The fourth-order valence-electron chi connectivity index (χ4n) is 2.14. The first-order valence-corrected chi connectivity index (χ1v) is 7.82. The molecule has 0 radical (unpaired) electrons. The van der Waals surface area contributed by atoms with Crippen LogP contribution in [0.4, 0.5) is 0 Å². The highest BCUT2D eigenvalue weighted by Crippen LogP contribution is 2.22. The van der Waals surface area contributed by atoms with Crippen LogP contribution in [-0.4, -0.2) is 22.4 Å². The fourth-order valence-corrected chi connectivity index (χ4v) is 2.79. The van der Waals surface area contributed by atoms with Crippen molar-refractivity contribution in [3.63, 3.8) is 0 Å². The molecular weight excluding hydrogens is 355 g/mol. The highest BCUT2D eigenvalue weighted by molar-refractivity contribution is 7.09. The second kappa shape index (κ2) is 10.5. The number of carbonyl (C=O) groups is 1. The summed E-state index contributed by atoms with van der Waals surface area (Å²) in [7, 11) is 0. The first-order chi connectivity index (χ1) is 10.1. The minimum Gasteiger partial charge on any atom is -0.350 e. The Kier molecular flexibility index (Phi) is 9.99. The Bertz CT molecular complexity index is 592. The summed E-state index contributed by atoms with van der Waals surface area (Å²) in [6.45, 7) is 5.21. The molecule has 0 aliphatic heterocycles. The van der Waals surface area contributed by atoms with E-state index < -0.39 is 0 Å². The fraction of sp³-hybridized carbons (Fsp3) is 0.400. The number of hydrogen-bond acceptors (Lipinski definition) is 5. The minimum atomic E-state index is -0.152. The summed E-state index contributed by atoms with van der Waals surface area (Å²) >= 11 is 1.41. The first kappa shape index (κ1) is 21.8. The lowest BCUT2D eigenvalue weighted by Crippen LogP contribution is -2.30. The number of rotatable bonds is 6. The van der Waals surface area contributed by atoms with E-state index in [0.29, 0.717) is 24.7 Å². The number of hydrogen-bond donors (Lipinski definition) is 2. The molecule has 1 unspecified atom stereocenters. The van der Waals surface area contributed by atoms with Crippen LogP contribution in [0.1, 0.15) is 40.8 Å². The highest BCUT2D eigenvalue weighted by Gasteiger charge is 2.18. The van der Waals surface area contributed by atoms with Gasteiger partial charge in [0.2, 0.25) is 0 Å². The van der Waals surface area contributed by atoms with E-state index in [1.54, 1.807) is 11.6 Å². The van der Waals surface area contributed by atoms with Gasteiger partial charge in [-0.05, 0) is 17.5 Å². The lowest BCUT2D eigenvalue weighted by Gasteiger charge is -2.21. The summed E-state index contributed by atoms with van der Waals surface area (Å²) in [4.78, 5) is 20.5. The van der Waals surface area contributed by atoms with Crippen molar-refractivity contribution in [2.24, 2.45) is 11.7 Å². The van der Waals surface area contributed by atoms with E-state index in [4.69, 9.17) is 5.73 Å². The van der Waals surface area contributed by atoms with E-state index in [9.17, 15) is 4.79 Å². The standard InChI is InChI=1S/C15H20N4OS.2ClH/c1-10(2)12(11-4-3-5-17-7-11)8-18-15(20)13-9-21-14(6-16)19-13;;/h3-5,7,9-10,12H,6,8,16H2,1-2H3,(H,18,20);2*1H. The SMILES string of the molecule is CC(C)C(CNC(=O)c1csc(CN)n1)c1cccnc1.Cl.Cl. The Hall–Kier alpha value is -1.21. The number of thiazole rings is 1. The zero-order valence-corrected chi connectivity index (χ0v) is 15.5. The number of nitrogens with zero attached hydrogens (tertiary/aromatic N) is 2. The molecule has 0 saturated carbocycles. The van der Waals surface area contributed by atoms with E-state index >= 15 is 0 Å². The molecule has 2 aromatic rings. The summed E-state index contributed by atoms with van der Waals surface area (Å²) in [5.41, 5.74) is 7.08. The molecule has 128 valence electrons. The van der Waals surface area contributed by atoms with Crippen molar-refractivity contribution in [2.45, 2.75) is 26.3 Å². The van der Waals surface area contributed by atoms with E-state index in [1.165, 1.54) is 11.3 Å². The number of nitrogens with two attached hydrogens (primary N) is 1. The van der Waals surface area contributed by atoms with Gasteiger partial charge in [0.25, 0.3) is 5.91 Å². The zero-order chi connectivity index (χ0) is 15.2. The Morgan fingerprint density at radius 3 is 2.65 bits per heavy atom.